The number of aliphatic hydroxyl groups is 1. The minimum Gasteiger partial charge on any atom is -0.480 e. The number of amides is 2. The molecule has 0 spiro atoms. The maximum atomic E-state index is 14.9. The lowest BCUT2D eigenvalue weighted by Gasteiger charge is -2.45. The zero-order valence-corrected chi connectivity index (χ0v) is 67.2. The van der Waals surface area contributed by atoms with Crippen LogP contribution in [0.5, 0.6) is 0 Å². The van der Waals surface area contributed by atoms with Crippen LogP contribution < -0.4 is 10.6 Å². The Morgan fingerprint density at radius 3 is 1.02 bits per heavy atom. The fourth-order valence-corrected chi connectivity index (χ4v) is 14.3. The molecule has 20 nitrogen and oxygen atoms in total. The van der Waals surface area contributed by atoms with E-state index in [1.165, 1.54) is 57.8 Å². The summed E-state index contributed by atoms with van der Waals surface area (Å²) in [5.41, 5.74) is 0. The molecular weight excluding hydrogens is 1330 g/mol. The van der Waals surface area contributed by atoms with Crippen LogP contribution in [0.4, 0.5) is 0 Å². The van der Waals surface area contributed by atoms with Crippen molar-refractivity contribution in [1.82, 2.24) is 10.6 Å². The summed E-state index contributed by atoms with van der Waals surface area (Å²) in [4.78, 5) is 108. The van der Waals surface area contributed by atoms with Crippen molar-refractivity contribution in [2.75, 3.05) is 19.9 Å². The molecule has 10 atom stereocenters. The van der Waals surface area contributed by atoms with E-state index >= 15 is 0 Å². The first-order valence-corrected chi connectivity index (χ1v) is 44.3. The summed E-state index contributed by atoms with van der Waals surface area (Å²) in [6.07, 6.45) is 39.9. The summed E-state index contributed by atoms with van der Waals surface area (Å²) in [5.74, 6) is -5.26. The standard InChI is InChI=1S/C82H153N2O18P/c1-8-14-20-26-32-35-41-44-50-56-67(97-74(88)59-53-47-38-29-23-17-11-4)62-72(86)83-70(81(92)93)66-96-82-78(84-73(87)63-68(57-51-45-42-36-33-27-21-15-9-2)98-75(89)60-54-48-39-30-24-18-12-5)80(79(71(65-85)100-82)102-103(7,94)95)101-77(91)64-69(58-52-46-43-37-34-28-22-16-10-3)99-76(90)61-55-49-40-31-25-19-13-6/h67-71,78-80,82,85H,8-66H2,1-7H3,(H,83,86)(H,84,87)(H,92,93)(H,94,95)/t67-,68-,69-,70+,71?,78?,79?,80?,82?/m1/s1. The van der Waals surface area contributed by atoms with Gasteiger partial charge in [-0.25, -0.2) is 4.79 Å². The molecule has 0 saturated carbocycles. The molecule has 1 saturated heterocycles. The molecule has 0 aromatic rings. The summed E-state index contributed by atoms with van der Waals surface area (Å²) in [7, 11) is -4.56. The third-order valence-corrected chi connectivity index (χ3v) is 20.4. The van der Waals surface area contributed by atoms with Gasteiger partial charge in [0.1, 0.15) is 36.6 Å². The number of esters is 4. The third-order valence-electron chi connectivity index (χ3n) is 19.8. The number of carbonyl (C=O) groups excluding carboxylic acids is 6. The molecule has 0 bridgehead atoms. The highest BCUT2D eigenvalue weighted by Gasteiger charge is 2.52. The van der Waals surface area contributed by atoms with Gasteiger partial charge in [0.25, 0.3) is 0 Å². The van der Waals surface area contributed by atoms with Gasteiger partial charge >= 0.3 is 37.4 Å². The number of carboxylic acids is 1. The van der Waals surface area contributed by atoms with Crippen LogP contribution in [-0.2, 0) is 71.1 Å². The van der Waals surface area contributed by atoms with Crippen molar-refractivity contribution in [2.45, 2.75) is 463 Å². The second-order valence-corrected chi connectivity index (χ2v) is 31.7. The van der Waals surface area contributed by atoms with Crippen LogP contribution in [0.2, 0.25) is 0 Å². The van der Waals surface area contributed by atoms with E-state index in [0.717, 1.165) is 219 Å². The number of ether oxygens (including phenoxy) is 6. The minimum atomic E-state index is -4.56. The Bertz CT molecular complexity index is 2170. The van der Waals surface area contributed by atoms with Gasteiger partial charge in [0, 0.05) is 25.9 Å². The van der Waals surface area contributed by atoms with Gasteiger partial charge in [0.15, 0.2) is 18.4 Å². The van der Waals surface area contributed by atoms with Crippen molar-refractivity contribution < 1.29 is 86.2 Å². The number of carboxylic acid groups (broad SMARTS) is 1. The lowest BCUT2D eigenvalue weighted by atomic mass is 9.95. The molecule has 0 aromatic heterocycles. The first-order chi connectivity index (χ1) is 49.8. The number of unbranched alkanes of at least 4 members (excludes halogenated alkanes) is 42. The van der Waals surface area contributed by atoms with Crippen molar-refractivity contribution in [3.05, 3.63) is 0 Å². The number of carbonyl (C=O) groups is 7. The van der Waals surface area contributed by atoms with Crippen LogP contribution in [0, 0.1) is 0 Å². The van der Waals surface area contributed by atoms with Gasteiger partial charge in [-0.15, -0.1) is 0 Å². The highest BCUT2D eigenvalue weighted by molar-refractivity contribution is 7.51. The molecule has 0 radical (unpaired) electrons. The molecule has 6 unspecified atom stereocenters. The second-order valence-electron chi connectivity index (χ2n) is 29.9. The predicted octanol–water partition coefficient (Wildman–Crippen LogP) is 20.0. The summed E-state index contributed by atoms with van der Waals surface area (Å²) in [5, 5.41) is 27.2. The van der Waals surface area contributed by atoms with Crippen molar-refractivity contribution in [3.63, 3.8) is 0 Å². The Hall–Kier alpha value is -3.68. The number of aliphatic hydroxyl groups excluding tert-OH is 1. The van der Waals surface area contributed by atoms with E-state index in [1.54, 1.807) is 0 Å². The molecular formula is C82H153N2O18P. The van der Waals surface area contributed by atoms with Gasteiger partial charge in [-0.3, -0.25) is 37.9 Å². The van der Waals surface area contributed by atoms with Crippen LogP contribution in [0.15, 0.2) is 0 Å². The Morgan fingerprint density at radius 1 is 0.408 bits per heavy atom. The predicted molar refractivity (Wildman–Crippen MR) is 411 cm³/mol. The number of hydrogen-bond donors (Lipinski definition) is 5. The van der Waals surface area contributed by atoms with Crippen LogP contribution >= 0.6 is 7.60 Å². The van der Waals surface area contributed by atoms with E-state index in [1.807, 2.05) is 0 Å². The molecule has 1 heterocycles. The van der Waals surface area contributed by atoms with Gasteiger partial charge < -0.3 is 54.2 Å². The van der Waals surface area contributed by atoms with Crippen molar-refractivity contribution in [1.29, 1.82) is 0 Å². The van der Waals surface area contributed by atoms with E-state index in [-0.39, 0.29) is 32.1 Å². The zero-order valence-electron chi connectivity index (χ0n) is 66.3. The summed E-state index contributed by atoms with van der Waals surface area (Å²) in [6, 6.07) is -3.45. The Morgan fingerprint density at radius 2 is 0.709 bits per heavy atom. The lowest BCUT2D eigenvalue weighted by Crippen LogP contribution is -2.66. The molecule has 1 fully saturated rings. The van der Waals surface area contributed by atoms with Gasteiger partial charge in [0.2, 0.25) is 11.8 Å². The number of nitrogens with one attached hydrogen (secondary N) is 2. The quantitative estimate of drug-likeness (QED) is 0.0164. The SMILES string of the molecule is CCCCCCCCCCC[C@H](CC(=O)NC1C(OC[C@H](NC(=O)C[C@@H](CCCCCCCCCCC)OC(=O)CCCCCCCCC)C(=O)O)OC(CO)C(OP(C)(=O)O)C1OC(=O)C[C@@H](CCCCCCCCCCC)OC(=O)CCCCCCCCC)OC(=O)CCCCCCCCC. The van der Waals surface area contributed by atoms with E-state index in [0.29, 0.717) is 57.8 Å². The maximum Gasteiger partial charge on any atom is 0.328 e. The van der Waals surface area contributed by atoms with Crippen LogP contribution in [-0.4, -0.2) is 132 Å². The molecule has 103 heavy (non-hydrogen) atoms. The molecule has 0 aliphatic carbocycles. The van der Waals surface area contributed by atoms with E-state index < -0.39 is 124 Å². The average molecular weight is 1490 g/mol. The molecule has 1 aliphatic heterocycles. The lowest BCUT2D eigenvalue weighted by molar-refractivity contribution is -0.271. The highest BCUT2D eigenvalue weighted by atomic mass is 31.2. The van der Waals surface area contributed by atoms with Crippen molar-refractivity contribution in [2.24, 2.45) is 0 Å². The van der Waals surface area contributed by atoms with Crippen molar-refractivity contribution >= 4 is 49.3 Å². The number of aliphatic carboxylic acids is 1. The molecule has 1 aliphatic rings. The summed E-state index contributed by atoms with van der Waals surface area (Å²) >= 11 is 0. The van der Waals surface area contributed by atoms with E-state index in [4.69, 9.17) is 32.9 Å². The Kier molecular flexibility index (Phi) is 62.9. The minimum absolute atomic E-state index is 0.152. The monoisotopic (exact) mass is 1490 g/mol. The molecule has 2 amide bonds. The first-order valence-electron chi connectivity index (χ1n) is 42.3. The average Bonchev–Trinajstić information content (AvgIpc) is 0.780. The van der Waals surface area contributed by atoms with Crippen LogP contribution in [0.25, 0.3) is 0 Å². The fourth-order valence-electron chi connectivity index (χ4n) is 13.6. The smallest absolute Gasteiger partial charge is 0.328 e. The fraction of sp³-hybridized carbons (Fsp3) is 0.915. The molecule has 604 valence electrons. The van der Waals surface area contributed by atoms with Gasteiger partial charge in [-0.1, -0.05) is 311 Å². The van der Waals surface area contributed by atoms with Crippen LogP contribution in [0.3, 0.4) is 0 Å². The number of hydrogen-bond acceptors (Lipinski definition) is 16. The third kappa shape index (κ3) is 55.4. The largest absolute Gasteiger partial charge is 0.480 e. The number of rotatable bonds is 73. The van der Waals surface area contributed by atoms with Crippen molar-refractivity contribution in [3.8, 4) is 0 Å². The van der Waals surface area contributed by atoms with Crippen LogP contribution in [0.1, 0.15) is 408 Å². The normalized spacial score (nSPS) is 17.7. The Labute approximate surface area is 625 Å². The molecule has 21 heteroatoms. The second kappa shape index (κ2) is 66.5. The Balaban J connectivity index is 3.85. The molecule has 0 aromatic carbocycles. The summed E-state index contributed by atoms with van der Waals surface area (Å²) < 4.78 is 56.1. The van der Waals surface area contributed by atoms with Gasteiger partial charge in [-0.2, -0.15) is 0 Å². The van der Waals surface area contributed by atoms with Gasteiger partial charge in [0.05, 0.1) is 32.5 Å². The molecule has 1 rings (SSSR count). The highest BCUT2D eigenvalue weighted by Crippen LogP contribution is 2.43. The molecule has 5 N–H and O–H groups in total. The van der Waals surface area contributed by atoms with Gasteiger partial charge in [-0.05, 0) is 57.8 Å². The zero-order chi connectivity index (χ0) is 75.8. The topological polar surface area (TPSA) is 286 Å². The maximum absolute atomic E-state index is 14.9. The first kappa shape index (κ1) is 97.3. The summed E-state index contributed by atoms with van der Waals surface area (Å²) in [6.45, 7) is 12.2. The van der Waals surface area contributed by atoms with E-state index in [9.17, 15) is 53.2 Å². The van der Waals surface area contributed by atoms with E-state index in [2.05, 4.69) is 52.2 Å².